The van der Waals surface area contributed by atoms with E-state index in [4.69, 9.17) is 4.74 Å². The number of amides is 4. The number of nitro groups is 1. The molecule has 0 spiro atoms. The fraction of sp³-hybridized carbons (Fsp3) is 0.350. The lowest BCUT2D eigenvalue weighted by molar-refractivity contribution is -0.384. The molecule has 184 valence electrons. The number of ether oxygens (including phenoxy) is 1. The number of hydrogen-bond acceptors (Lipinski definition) is 10. The van der Waals surface area contributed by atoms with Crippen LogP contribution in [-0.4, -0.2) is 75.5 Å². The predicted molar refractivity (Wildman–Crippen MR) is 130 cm³/mol. The third-order valence-corrected chi connectivity index (χ3v) is 6.77. The van der Waals surface area contributed by atoms with Crippen molar-refractivity contribution < 1.29 is 24.0 Å². The Kier molecular flexibility index (Phi) is 7.36. The van der Waals surface area contributed by atoms with Gasteiger partial charge in [0.25, 0.3) is 5.69 Å². The van der Waals surface area contributed by atoms with E-state index in [1.807, 2.05) is 0 Å². The van der Waals surface area contributed by atoms with Crippen molar-refractivity contribution in [2.24, 2.45) is 0 Å². The largest absolute Gasteiger partial charge is 0.450 e. The fourth-order valence-electron chi connectivity index (χ4n) is 3.33. The van der Waals surface area contributed by atoms with E-state index in [9.17, 15) is 24.5 Å². The zero-order valence-electron chi connectivity index (χ0n) is 18.6. The van der Waals surface area contributed by atoms with Gasteiger partial charge in [0.15, 0.2) is 10.3 Å². The van der Waals surface area contributed by atoms with Gasteiger partial charge in [-0.15, -0.1) is 11.3 Å². The summed E-state index contributed by atoms with van der Waals surface area (Å²) in [6, 6.07) is 3.97. The molecule has 1 fully saturated rings. The van der Waals surface area contributed by atoms with Crippen LogP contribution in [0.2, 0.25) is 0 Å². The first kappa shape index (κ1) is 24.3. The molecule has 4 rings (SSSR count). The minimum atomic E-state index is -0.487. The van der Waals surface area contributed by atoms with Gasteiger partial charge in [-0.1, -0.05) is 11.3 Å². The van der Waals surface area contributed by atoms with Crippen LogP contribution in [-0.2, 0) is 16.0 Å². The zero-order chi connectivity index (χ0) is 24.9. The second kappa shape index (κ2) is 10.6. The number of nitro benzene ring substituents is 1. The molecule has 35 heavy (non-hydrogen) atoms. The minimum Gasteiger partial charge on any atom is -0.450 e. The van der Waals surface area contributed by atoms with Crippen LogP contribution < -0.4 is 10.6 Å². The third-order valence-electron chi connectivity index (χ3n) is 5.03. The molecular formula is C20H21N7O6S2. The van der Waals surface area contributed by atoms with Crippen molar-refractivity contribution in [2.45, 2.75) is 13.3 Å². The van der Waals surface area contributed by atoms with Gasteiger partial charge in [0.2, 0.25) is 5.91 Å². The van der Waals surface area contributed by atoms with Gasteiger partial charge < -0.3 is 19.9 Å². The minimum absolute atomic E-state index is 0.0271. The highest BCUT2D eigenvalue weighted by atomic mass is 32.1. The van der Waals surface area contributed by atoms with E-state index in [0.717, 1.165) is 11.3 Å². The lowest BCUT2D eigenvalue weighted by Gasteiger charge is -2.33. The quantitative estimate of drug-likeness (QED) is 0.371. The fourth-order valence-corrected chi connectivity index (χ4v) is 4.95. The van der Waals surface area contributed by atoms with E-state index < -0.39 is 4.92 Å². The molecule has 2 aromatic heterocycles. The van der Waals surface area contributed by atoms with Gasteiger partial charge in [-0.05, 0) is 13.0 Å². The van der Waals surface area contributed by atoms with E-state index in [1.54, 1.807) is 22.1 Å². The maximum Gasteiger partial charge on any atom is 0.409 e. The number of thiazole rings is 2. The van der Waals surface area contributed by atoms with Gasteiger partial charge in [-0.25, -0.2) is 19.6 Å². The van der Waals surface area contributed by atoms with E-state index >= 15 is 0 Å². The summed E-state index contributed by atoms with van der Waals surface area (Å²) in [5, 5.41) is 18.7. The number of benzene rings is 1. The highest BCUT2D eigenvalue weighted by Gasteiger charge is 2.25. The second-order valence-corrected chi connectivity index (χ2v) is 9.29. The van der Waals surface area contributed by atoms with Gasteiger partial charge in [-0.3, -0.25) is 20.2 Å². The monoisotopic (exact) mass is 519 g/mol. The topological polar surface area (TPSA) is 160 Å². The van der Waals surface area contributed by atoms with Gasteiger partial charge in [0, 0.05) is 43.7 Å². The molecular weight excluding hydrogens is 498 g/mol. The van der Waals surface area contributed by atoms with Crippen LogP contribution in [0.3, 0.4) is 0 Å². The Morgan fingerprint density at radius 1 is 1.11 bits per heavy atom. The zero-order valence-corrected chi connectivity index (χ0v) is 20.2. The standard InChI is InChI=1S/C20H21N7O6S2/c1-2-33-20(30)26-7-5-25(6-8-26)19(29)24-17-21-12(11-34-17)9-16(28)23-18-22-14-4-3-13(27(31)32)10-15(14)35-18/h3-4,10-11H,2,5-9H2,1H3,(H,21,24,29)(H,22,23,28). The van der Waals surface area contributed by atoms with Crippen molar-refractivity contribution in [1.29, 1.82) is 0 Å². The van der Waals surface area contributed by atoms with Crippen LogP contribution in [0, 0.1) is 10.1 Å². The van der Waals surface area contributed by atoms with Crippen molar-refractivity contribution in [3.05, 3.63) is 39.4 Å². The van der Waals surface area contributed by atoms with Crippen molar-refractivity contribution >= 4 is 66.9 Å². The molecule has 0 radical (unpaired) electrons. The number of fused-ring (bicyclic) bond motifs is 1. The molecule has 13 nitrogen and oxygen atoms in total. The van der Waals surface area contributed by atoms with Crippen LogP contribution in [0.15, 0.2) is 23.6 Å². The molecule has 2 N–H and O–H groups in total. The number of non-ortho nitro benzene ring substituents is 1. The maximum absolute atomic E-state index is 12.5. The highest BCUT2D eigenvalue weighted by Crippen LogP contribution is 2.29. The Morgan fingerprint density at radius 3 is 2.57 bits per heavy atom. The van der Waals surface area contributed by atoms with Crippen LogP contribution >= 0.6 is 22.7 Å². The number of anilines is 2. The molecule has 1 saturated heterocycles. The van der Waals surface area contributed by atoms with Crippen molar-refractivity contribution in [3.63, 3.8) is 0 Å². The summed E-state index contributed by atoms with van der Waals surface area (Å²) < 4.78 is 5.57. The SMILES string of the molecule is CCOC(=O)N1CCN(C(=O)Nc2nc(CC(=O)Nc3nc4ccc([N+](=O)[O-])cc4s3)cs2)CC1. The summed E-state index contributed by atoms with van der Waals surface area (Å²) in [6.45, 7) is 3.55. The molecule has 4 amide bonds. The lowest BCUT2D eigenvalue weighted by Crippen LogP contribution is -2.51. The predicted octanol–water partition coefficient (Wildman–Crippen LogP) is 3.15. The number of nitrogens with zero attached hydrogens (tertiary/aromatic N) is 5. The highest BCUT2D eigenvalue weighted by molar-refractivity contribution is 7.22. The Balaban J connectivity index is 1.28. The Morgan fingerprint density at radius 2 is 1.86 bits per heavy atom. The van der Waals surface area contributed by atoms with Crippen LogP contribution in [0.5, 0.6) is 0 Å². The molecule has 1 aromatic carbocycles. The molecule has 0 bridgehead atoms. The summed E-state index contributed by atoms with van der Waals surface area (Å²) in [5.74, 6) is -0.350. The van der Waals surface area contributed by atoms with Gasteiger partial charge in [0.1, 0.15) is 0 Å². The number of nitrogens with one attached hydrogen (secondary N) is 2. The van der Waals surface area contributed by atoms with E-state index in [2.05, 4.69) is 20.6 Å². The summed E-state index contributed by atoms with van der Waals surface area (Å²) in [5.41, 5.74) is 0.987. The number of urea groups is 1. The van der Waals surface area contributed by atoms with Gasteiger partial charge in [0.05, 0.1) is 33.9 Å². The maximum atomic E-state index is 12.5. The van der Waals surface area contributed by atoms with Crippen LogP contribution in [0.25, 0.3) is 10.2 Å². The van der Waals surface area contributed by atoms with Crippen molar-refractivity contribution in [1.82, 2.24) is 19.8 Å². The first-order valence-electron chi connectivity index (χ1n) is 10.6. The molecule has 0 aliphatic carbocycles. The third kappa shape index (κ3) is 5.99. The van der Waals surface area contributed by atoms with Crippen LogP contribution in [0.1, 0.15) is 12.6 Å². The first-order valence-corrected chi connectivity index (χ1v) is 12.3. The van der Waals surface area contributed by atoms with E-state index in [1.165, 1.54) is 29.5 Å². The van der Waals surface area contributed by atoms with Crippen LogP contribution in [0.4, 0.5) is 25.5 Å². The molecule has 1 aliphatic rings. The number of aromatic nitrogens is 2. The molecule has 0 unspecified atom stereocenters. The molecule has 1 aliphatic heterocycles. The summed E-state index contributed by atoms with van der Waals surface area (Å²) in [6.07, 6.45) is -0.414. The number of piperazine rings is 1. The molecule has 0 saturated carbocycles. The molecule has 3 heterocycles. The van der Waals surface area contributed by atoms with Crippen molar-refractivity contribution in [2.75, 3.05) is 43.4 Å². The Labute approximate surface area is 206 Å². The van der Waals surface area contributed by atoms with E-state index in [-0.39, 0.29) is 30.1 Å². The van der Waals surface area contributed by atoms with Crippen molar-refractivity contribution in [3.8, 4) is 0 Å². The summed E-state index contributed by atoms with van der Waals surface area (Å²) in [4.78, 5) is 58.8. The number of rotatable bonds is 6. The first-order chi connectivity index (χ1) is 16.8. The molecule has 3 aromatic rings. The normalized spacial score (nSPS) is 13.5. The smallest absolute Gasteiger partial charge is 0.409 e. The summed E-state index contributed by atoms with van der Waals surface area (Å²) in [7, 11) is 0. The number of carbonyl (C=O) groups excluding carboxylic acids is 3. The van der Waals surface area contributed by atoms with Gasteiger partial charge >= 0.3 is 12.1 Å². The summed E-state index contributed by atoms with van der Waals surface area (Å²) >= 11 is 2.34. The average molecular weight is 520 g/mol. The molecule has 0 atom stereocenters. The average Bonchev–Trinajstić information content (AvgIpc) is 3.44. The molecule has 15 heteroatoms. The number of carbonyl (C=O) groups is 3. The second-order valence-electron chi connectivity index (χ2n) is 7.40. The van der Waals surface area contributed by atoms with E-state index in [0.29, 0.717) is 59.0 Å². The lowest BCUT2D eigenvalue weighted by atomic mass is 10.3. The Hall–Kier alpha value is -3.85. The van der Waals surface area contributed by atoms with Gasteiger partial charge in [-0.2, -0.15) is 0 Å². The Bertz CT molecular complexity index is 1270. The number of hydrogen-bond donors (Lipinski definition) is 2.